The van der Waals surface area contributed by atoms with Gasteiger partial charge < -0.3 is 20.5 Å². The van der Waals surface area contributed by atoms with Gasteiger partial charge >= 0.3 is 0 Å². The molecule has 0 aliphatic carbocycles. The lowest BCUT2D eigenvalue weighted by atomic mass is 10.0. The molecular formula is C11H16N4O3. The van der Waals surface area contributed by atoms with E-state index in [0.717, 1.165) is 6.42 Å². The summed E-state index contributed by atoms with van der Waals surface area (Å²) in [5.41, 5.74) is 5.22. The lowest BCUT2D eigenvalue weighted by Crippen LogP contribution is -2.45. The Hall–Kier alpha value is -1.73. The van der Waals surface area contributed by atoms with E-state index >= 15 is 0 Å². The van der Waals surface area contributed by atoms with Crippen LogP contribution in [-0.4, -0.2) is 48.3 Å². The summed E-state index contributed by atoms with van der Waals surface area (Å²) in [6.07, 6.45) is 3.51. The van der Waals surface area contributed by atoms with Gasteiger partial charge in [-0.1, -0.05) is 0 Å². The number of amides is 1. The molecule has 2 rings (SSSR count). The second-order valence-electron chi connectivity index (χ2n) is 4.20. The molecule has 7 heteroatoms. The highest BCUT2D eigenvalue weighted by atomic mass is 16.5. The van der Waals surface area contributed by atoms with Gasteiger partial charge in [-0.2, -0.15) is 0 Å². The van der Waals surface area contributed by atoms with Gasteiger partial charge in [0.2, 0.25) is 0 Å². The van der Waals surface area contributed by atoms with E-state index in [4.69, 9.17) is 15.2 Å². The zero-order chi connectivity index (χ0) is 13.0. The number of aromatic nitrogens is 2. The number of nitrogens with zero attached hydrogens (tertiary/aromatic N) is 2. The predicted molar refractivity (Wildman–Crippen MR) is 64.0 cm³/mol. The molecule has 1 aliphatic rings. The van der Waals surface area contributed by atoms with Gasteiger partial charge in [0.05, 0.1) is 19.0 Å². The van der Waals surface area contributed by atoms with E-state index in [1.54, 1.807) is 7.11 Å². The van der Waals surface area contributed by atoms with E-state index in [1.807, 2.05) is 0 Å². The third-order valence-electron chi connectivity index (χ3n) is 2.96. The Bertz CT molecular complexity index is 432. The summed E-state index contributed by atoms with van der Waals surface area (Å²) in [6, 6.07) is 0. The van der Waals surface area contributed by atoms with Crippen LogP contribution in [0.25, 0.3) is 0 Å². The molecular weight excluding hydrogens is 236 g/mol. The van der Waals surface area contributed by atoms with Gasteiger partial charge in [-0.05, 0) is 0 Å². The van der Waals surface area contributed by atoms with Gasteiger partial charge in [0.25, 0.3) is 5.91 Å². The van der Waals surface area contributed by atoms with Crippen LogP contribution in [0.4, 0.5) is 5.82 Å². The van der Waals surface area contributed by atoms with Crippen molar-refractivity contribution in [2.75, 3.05) is 32.6 Å². The van der Waals surface area contributed by atoms with Crippen LogP contribution in [0, 0.1) is 0 Å². The Labute approximate surface area is 105 Å². The fourth-order valence-electron chi connectivity index (χ4n) is 1.78. The van der Waals surface area contributed by atoms with Gasteiger partial charge in [-0.15, -0.1) is 0 Å². The molecule has 1 aromatic rings. The molecule has 1 aliphatic heterocycles. The minimum Gasteiger partial charge on any atom is -0.382 e. The number of hydrogen-bond acceptors (Lipinski definition) is 6. The molecule has 1 unspecified atom stereocenters. The molecule has 7 nitrogen and oxygen atoms in total. The number of methoxy groups -OCH3 is 1. The third kappa shape index (κ3) is 2.74. The molecule has 0 radical (unpaired) electrons. The van der Waals surface area contributed by atoms with E-state index in [1.165, 1.54) is 12.4 Å². The van der Waals surface area contributed by atoms with Crippen molar-refractivity contribution >= 4 is 11.7 Å². The van der Waals surface area contributed by atoms with Crippen molar-refractivity contribution in [3.8, 4) is 0 Å². The number of anilines is 1. The maximum Gasteiger partial charge on any atom is 0.271 e. The number of rotatable bonds is 4. The Morgan fingerprint density at radius 1 is 1.67 bits per heavy atom. The first-order valence-corrected chi connectivity index (χ1v) is 5.64. The second kappa shape index (κ2) is 5.28. The highest BCUT2D eigenvalue weighted by Gasteiger charge is 2.35. The maximum absolute atomic E-state index is 11.8. The van der Waals surface area contributed by atoms with Crippen molar-refractivity contribution in [2.45, 2.75) is 12.0 Å². The van der Waals surface area contributed by atoms with Crippen LogP contribution in [0.1, 0.15) is 16.9 Å². The molecule has 0 saturated carbocycles. The van der Waals surface area contributed by atoms with Gasteiger partial charge in [-0.3, -0.25) is 9.78 Å². The van der Waals surface area contributed by atoms with Crippen LogP contribution < -0.4 is 11.1 Å². The second-order valence-corrected chi connectivity index (χ2v) is 4.20. The fraction of sp³-hybridized carbons (Fsp3) is 0.545. The van der Waals surface area contributed by atoms with Crippen LogP contribution in [0.2, 0.25) is 0 Å². The van der Waals surface area contributed by atoms with Crippen molar-refractivity contribution in [1.29, 1.82) is 0 Å². The number of nitrogens with one attached hydrogen (secondary N) is 1. The molecule has 1 atom stereocenters. The molecule has 18 heavy (non-hydrogen) atoms. The van der Waals surface area contributed by atoms with Crippen molar-refractivity contribution in [3.05, 3.63) is 18.1 Å². The van der Waals surface area contributed by atoms with E-state index in [2.05, 4.69) is 15.3 Å². The Morgan fingerprint density at radius 2 is 2.50 bits per heavy atom. The fourth-order valence-corrected chi connectivity index (χ4v) is 1.78. The summed E-state index contributed by atoms with van der Waals surface area (Å²) >= 11 is 0. The molecule has 1 fully saturated rings. The monoisotopic (exact) mass is 252 g/mol. The minimum atomic E-state index is -0.441. The Kier molecular flexibility index (Phi) is 3.73. The summed E-state index contributed by atoms with van der Waals surface area (Å²) in [7, 11) is 1.61. The molecule has 2 heterocycles. The van der Waals surface area contributed by atoms with E-state index in [-0.39, 0.29) is 17.4 Å². The average molecular weight is 252 g/mol. The SMILES string of the molecule is COC1(CNC(=O)c2cncc(N)n2)CCOC1. The molecule has 3 N–H and O–H groups in total. The lowest BCUT2D eigenvalue weighted by Gasteiger charge is -2.25. The molecule has 98 valence electrons. The van der Waals surface area contributed by atoms with Gasteiger partial charge in [0, 0.05) is 26.7 Å². The molecule has 0 aromatic carbocycles. The van der Waals surface area contributed by atoms with E-state index in [9.17, 15) is 4.79 Å². The summed E-state index contributed by atoms with van der Waals surface area (Å²) in [5.74, 6) is -0.105. The van der Waals surface area contributed by atoms with Crippen LogP contribution in [0.5, 0.6) is 0 Å². The van der Waals surface area contributed by atoms with E-state index < -0.39 is 5.60 Å². The molecule has 1 amide bonds. The minimum absolute atomic E-state index is 0.195. The van der Waals surface area contributed by atoms with Crippen LogP contribution in [-0.2, 0) is 9.47 Å². The topological polar surface area (TPSA) is 99.4 Å². The van der Waals surface area contributed by atoms with Crippen molar-refractivity contribution in [3.63, 3.8) is 0 Å². The average Bonchev–Trinajstić information content (AvgIpc) is 2.85. The van der Waals surface area contributed by atoms with Crippen LogP contribution in [0.15, 0.2) is 12.4 Å². The first kappa shape index (κ1) is 12.7. The first-order chi connectivity index (χ1) is 8.65. The number of nitrogens with two attached hydrogens (primary N) is 1. The van der Waals surface area contributed by atoms with E-state index in [0.29, 0.717) is 19.8 Å². The van der Waals surface area contributed by atoms with Gasteiger partial charge in [0.15, 0.2) is 0 Å². The highest BCUT2D eigenvalue weighted by molar-refractivity contribution is 5.92. The lowest BCUT2D eigenvalue weighted by molar-refractivity contribution is -0.0149. The van der Waals surface area contributed by atoms with Crippen molar-refractivity contribution in [2.24, 2.45) is 0 Å². The van der Waals surface area contributed by atoms with Crippen molar-refractivity contribution < 1.29 is 14.3 Å². The standard InChI is InChI=1S/C11H16N4O3/c1-17-11(2-3-18-7-11)6-14-10(16)8-4-13-5-9(12)15-8/h4-5H,2-3,6-7H2,1H3,(H2,12,15)(H,14,16). The molecule has 1 aromatic heterocycles. The summed E-state index contributed by atoms with van der Waals surface area (Å²) in [6.45, 7) is 1.49. The van der Waals surface area contributed by atoms with Crippen molar-refractivity contribution in [1.82, 2.24) is 15.3 Å². The zero-order valence-corrected chi connectivity index (χ0v) is 10.2. The summed E-state index contributed by atoms with van der Waals surface area (Å²) < 4.78 is 10.7. The zero-order valence-electron chi connectivity index (χ0n) is 10.2. The number of hydrogen-bond donors (Lipinski definition) is 2. The van der Waals surface area contributed by atoms with Gasteiger partial charge in [0.1, 0.15) is 17.1 Å². The normalized spacial score (nSPS) is 22.9. The smallest absolute Gasteiger partial charge is 0.271 e. The van der Waals surface area contributed by atoms with Gasteiger partial charge in [-0.25, -0.2) is 4.98 Å². The number of ether oxygens (including phenoxy) is 2. The number of carbonyl (C=O) groups excluding carboxylic acids is 1. The maximum atomic E-state index is 11.8. The molecule has 0 bridgehead atoms. The van der Waals surface area contributed by atoms with Crippen LogP contribution >= 0.6 is 0 Å². The summed E-state index contributed by atoms with van der Waals surface area (Å²) in [5, 5.41) is 2.76. The Morgan fingerprint density at radius 3 is 3.11 bits per heavy atom. The Balaban J connectivity index is 1.96. The number of carbonyl (C=O) groups is 1. The first-order valence-electron chi connectivity index (χ1n) is 5.64. The predicted octanol–water partition coefficient (Wildman–Crippen LogP) is -0.406. The molecule has 0 spiro atoms. The largest absolute Gasteiger partial charge is 0.382 e. The third-order valence-corrected chi connectivity index (χ3v) is 2.96. The highest BCUT2D eigenvalue weighted by Crippen LogP contribution is 2.21. The summed E-state index contributed by atoms with van der Waals surface area (Å²) in [4.78, 5) is 19.6. The van der Waals surface area contributed by atoms with Crippen LogP contribution in [0.3, 0.4) is 0 Å². The molecule has 1 saturated heterocycles. The quantitative estimate of drug-likeness (QED) is 0.756. The number of nitrogen functional groups attached to an aromatic ring is 1.